The van der Waals surface area contributed by atoms with Crippen molar-refractivity contribution in [2.45, 2.75) is 97.3 Å². The topological polar surface area (TPSA) is 43.1 Å². The predicted molar refractivity (Wildman–Crippen MR) is 88.9 cm³/mol. The first kappa shape index (κ1) is 19.6. The second-order valence-electron chi connectivity index (χ2n) is 6.23. The van der Waals surface area contributed by atoms with E-state index >= 15 is 0 Å². The molecular weight excluding hydrogens is 246 g/mol. The molecule has 120 valence electrons. The first-order chi connectivity index (χ1) is 9.72. The molecule has 2 N–H and O–H groups in total. The Morgan fingerprint density at radius 3 is 1.85 bits per heavy atom. The van der Waals surface area contributed by atoms with Crippen LogP contribution in [0, 0.1) is 5.92 Å². The van der Waals surface area contributed by atoms with Crippen LogP contribution in [0.1, 0.15) is 97.3 Å². The predicted octanol–water partition coefficient (Wildman–Crippen LogP) is 5.24. The molecule has 0 aliphatic carbocycles. The summed E-state index contributed by atoms with van der Waals surface area (Å²) < 4.78 is 0. The molecule has 0 amide bonds. The highest BCUT2D eigenvalue weighted by atomic mass is 16.1. The minimum absolute atomic E-state index is 0.220. The highest BCUT2D eigenvalue weighted by molar-refractivity contribution is 5.80. The van der Waals surface area contributed by atoms with Gasteiger partial charge < -0.3 is 5.73 Å². The van der Waals surface area contributed by atoms with Crippen molar-refractivity contribution in [3.05, 3.63) is 0 Å². The van der Waals surface area contributed by atoms with Gasteiger partial charge in [-0.05, 0) is 25.8 Å². The van der Waals surface area contributed by atoms with E-state index in [2.05, 4.69) is 6.92 Å². The molecule has 0 radical (unpaired) electrons. The second-order valence-corrected chi connectivity index (χ2v) is 6.23. The fourth-order valence-electron chi connectivity index (χ4n) is 2.62. The molecule has 0 fully saturated rings. The summed E-state index contributed by atoms with van der Waals surface area (Å²) in [7, 11) is 0. The minimum Gasteiger partial charge on any atom is -0.330 e. The monoisotopic (exact) mass is 283 g/mol. The summed E-state index contributed by atoms with van der Waals surface area (Å²) in [5.41, 5.74) is 5.47. The van der Waals surface area contributed by atoms with Crippen molar-refractivity contribution in [2.24, 2.45) is 11.7 Å². The summed E-state index contributed by atoms with van der Waals surface area (Å²) in [6.07, 6.45) is 16.0. The first-order valence-corrected chi connectivity index (χ1v) is 8.95. The molecule has 0 heterocycles. The van der Waals surface area contributed by atoms with Crippen LogP contribution in [0.25, 0.3) is 0 Å². The molecule has 0 aromatic heterocycles. The number of rotatable bonds is 15. The number of carbonyl (C=O) groups excluding carboxylic acids is 1. The summed E-state index contributed by atoms with van der Waals surface area (Å²) in [5, 5.41) is 0. The summed E-state index contributed by atoms with van der Waals surface area (Å²) >= 11 is 0. The Hall–Kier alpha value is -0.370. The molecule has 0 aromatic rings. The van der Waals surface area contributed by atoms with Crippen LogP contribution in [0.5, 0.6) is 0 Å². The number of nitrogens with two attached hydrogens (primary N) is 1. The van der Waals surface area contributed by atoms with Crippen molar-refractivity contribution < 1.29 is 4.79 Å². The van der Waals surface area contributed by atoms with Crippen LogP contribution in [0.3, 0.4) is 0 Å². The molecule has 2 nitrogen and oxygen atoms in total. The van der Waals surface area contributed by atoms with Gasteiger partial charge in [0.2, 0.25) is 0 Å². The largest absolute Gasteiger partial charge is 0.330 e. The highest BCUT2D eigenvalue weighted by Crippen LogP contribution is 2.14. The van der Waals surface area contributed by atoms with Crippen molar-refractivity contribution in [3.63, 3.8) is 0 Å². The standard InChI is InChI=1S/C18H37NO/c1-3-4-5-6-7-8-9-10-11-12-15-18(20)17(2)14-13-16-19/h17H,3-16,19H2,1-2H3. The first-order valence-electron chi connectivity index (χ1n) is 8.95. The van der Waals surface area contributed by atoms with E-state index in [1.807, 2.05) is 6.92 Å². The van der Waals surface area contributed by atoms with Crippen molar-refractivity contribution >= 4 is 5.78 Å². The molecule has 1 atom stereocenters. The normalized spacial score (nSPS) is 12.6. The van der Waals surface area contributed by atoms with Gasteiger partial charge in [-0.3, -0.25) is 4.79 Å². The lowest BCUT2D eigenvalue weighted by Gasteiger charge is -2.09. The molecule has 0 aromatic carbocycles. The smallest absolute Gasteiger partial charge is 0.135 e. The zero-order chi connectivity index (χ0) is 15.1. The highest BCUT2D eigenvalue weighted by Gasteiger charge is 2.11. The fourth-order valence-corrected chi connectivity index (χ4v) is 2.62. The number of carbonyl (C=O) groups is 1. The van der Waals surface area contributed by atoms with Gasteiger partial charge in [0.15, 0.2) is 0 Å². The Kier molecular flexibility index (Phi) is 14.7. The van der Waals surface area contributed by atoms with Crippen molar-refractivity contribution in [1.82, 2.24) is 0 Å². The van der Waals surface area contributed by atoms with Gasteiger partial charge in [0.1, 0.15) is 5.78 Å². The van der Waals surface area contributed by atoms with Crippen molar-refractivity contribution in [1.29, 1.82) is 0 Å². The van der Waals surface area contributed by atoms with Crippen LogP contribution >= 0.6 is 0 Å². The number of unbranched alkanes of at least 4 members (excludes halogenated alkanes) is 9. The maximum absolute atomic E-state index is 11.8. The molecule has 2 heteroatoms. The molecule has 0 aliphatic heterocycles. The van der Waals surface area contributed by atoms with Gasteiger partial charge in [0.05, 0.1) is 0 Å². The van der Waals surface area contributed by atoms with Gasteiger partial charge >= 0.3 is 0 Å². The number of hydrogen-bond acceptors (Lipinski definition) is 2. The summed E-state index contributed by atoms with van der Waals surface area (Å²) in [4.78, 5) is 11.8. The van der Waals surface area contributed by atoms with Crippen LogP contribution < -0.4 is 5.73 Å². The quantitative estimate of drug-likeness (QED) is 0.418. The third-order valence-corrected chi connectivity index (χ3v) is 4.17. The van der Waals surface area contributed by atoms with Gasteiger partial charge in [-0.2, -0.15) is 0 Å². The van der Waals surface area contributed by atoms with Gasteiger partial charge in [0, 0.05) is 12.3 Å². The van der Waals surface area contributed by atoms with Gasteiger partial charge in [0.25, 0.3) is 0 Å². The lowest BCUT2D eigenvalue weighted by Crippen LogP contribution is -2.12. The average molecular weight is 284 g/mol. The average Bonchev–Trinajstić information content (AvgIpc) is 2.46. The van der Waals surface area contributed by atoms with E-state index in [0.717, 1.165) is 25.7 Å². The minimum atomic E-state index is 0.220. The number of ketones is 1. The molecule has 0 saturated carbocycles. The zero-order valence-electron chi connectivity index (χ0n) is 14.0. The second kappa shape index (κ2) is 15.0. The van der Waals surface area contributed by atoms with E-state index in [0.29, 0.717) is 12.3 Å². The molecule has 0 spiro atoms. The van der Waals surface area contributed by atoms with Gasteiger partial charge in [-0.25, -0.2) is 0 Å². The molecule has 0 bridgehead atoms. The SMILES string of the molecule is CCCCCCCCCCCCC(=O)C(C)CCCN. The van der Waals surface area contributed by atoms with Gasteiger partial charge in [-0.15, -0.1) is 0 Å². The Morgan fingerprint density at radius 1 is 0.850 bits per heavy atom. The Labute approximate surface area is 126 Å². The summed E-state index contributed by atoms with van der Waals surface area (Å²) in [6, 6.07) is 0. The Morgan fingerprint density at radius 2 is 1.35 bits per heavy atom. The summed E-state index contributed by atoms with van der Waals surface area (Å²) in [5.74, 6) is 0.662. The molecule has 1 unspecified atom stereocenters. The fraction of sp³-hybridized carbons (Fsp3) is 0.944. The summed E-state index contributed by atoms with van der Waals surface area (Å²) in [6.45, 7) is 5.02. The van der Waals surface area contributed by atoms with E-state index in [-0.39, 0.29) is 5.92 Å². The van der Waals surface area contributed by atoms with Gasteiger partial charge in [-0.1, -0.05) is 71.6 Å². The lowest BCUT2D eigenvalue weighted by atomic mass is 9.96. The van der Waals surface area contributed by atoms with Crippen LogP contribution in [0.15, 0.2) is 0 Å². The maximum Gasteiger partial charge on any atom is 0.135 e. The molecule has 0 aliphatic rings. The van der Waals surface area contributed by atoms with E-state index in [1.165, 1.54) is 57.8 Å². The van der Waals surface area contributed by atoms with E-state index in [4.69, 9.17) is 5.73 Å². The van der Waals surface area contributed by atoms with E-state index in [9.17, 15) is 4.79 Å². The number of Topliss-reactive ketones (excluding diaryl/α,β-unsaturated/α-hetero) is 1. The molecule has 20 heavy (non-hydrogen) atoms. The number of hydrogen-bond donors (Lipinski definition) is 1. The van der Waals surface area contributed by atoms with Crippen molar-refractivity contribution in [2.75, 3.05) is 6.54 Å². The van der Waals surface area contributed by atoms with E-state index in [1.54, 1.807) is 0 Å². The Balaban J connectivity index is 3.24. The van der Waals surface area contributed by atoms with Crippen LogP contribution in [0.4, 0.5) is 0 Å². The molecule has 0 rings (SSSR count). The van der Waals surface area contributed by atoms with E-state index < -0.39 is 0 Å². The molecular formula is C18H37NO. The Bertz CT molecular complexity index is 215. The third kappa shape index (κ3) is 12.7. The van der Waals surface area contributed by atoms with Crippen molar-refractivity contribution in [3.8, 4) is 0 Å². The zero-order valence-corrected chi connectivity index (χ0v) is 14.0. The molecule has 0 saturated heterocycles. The lowest BCUT2D eigenvalue weighted by molar-refractivity contribution is -0.122. The maximum atomic E-state index is 11.8. The third-order valence-electron chi connectivity index (χ3n) is 4.17. The van der Waals surface area contributed by atoms with Crippen LogP contribution in [-0.4, -0.2) is 12.3 Å². The van der Waals surface area contributed by atoms with Crippen LogP contribution in [0.2, 0.25) is 0 Å². The van der Waals surface area contributed by atoms with Crippen LogP contribution in [-0.2, 0) is 4.79 Å².